The van der Waals surface area contributed by atoms with E-state index in [1.54, 1.807) is 0 Å². The molecule has 25 heavy (non-hydrogen) atoms. The molecule has 1 aromatic heterocycles. The van der Waals surface area contributed by atoms with Crippen LogP contribution in [0.2, 0.25) is 5.02 Å². The smallest absolute Gasteiger partial charge is 0.116 e. The summed E-state index contributed by atoms with van der Waals surface area (Å²) < 4.78 is 2.38. The van der Waals surface area contributed by atoms with Crippen molar-refractivity contribution >= 4 is 34.0 Å². The lowest BCUT2D eigenvalue weighted by molar-refractivity contribution is 0.383. The van der Waals surface area contributed by atoms with E-state index in [1.807, 2.05) is 12.1 Å². The number of aryl methyl sites for hydroxylation is 1. The third-order valence-electron chi connectivity index (χ3n) is 5.74. The van der Waals surface area contributed by atoms with Crippen molar-refractivity contribution in [3.05, 3.63) is 28.8 Å². The standard InChI is InChI=1S/C20H27ClN4/c1-24(2)10-5-11-25-17-9-8-13(21)12-15(17)18-19(22)14-6-3-4-7-16(14)23-20(18)25/h8-9,12,14,16,22-23H,3-7,10-11H2,1-2H3. The highest BCUT2D eigenvalue weighted by Crippen LogP contribution is 2.42. The second-order valence-electron chi connectivity index (χ2n) is 7.75. The topological polar surface area (TPSA) is 44.1 Å². The summed E-state index contributed by atoms with van der Waals surface area (Å²) in [5.41, 5.74) is 3.10. The zero-order valence-corrected chi connectivity index (χ0v) is 15.9. The Labute approximate surface area is 154 Å². The Kier molecular flexibility index (Phi) is 4.50. The number of nitrogens with one attached hydrogen (secondary N) is 2. The maximum atomic E-state index is 8.90. The van der Waals surface area contributed by atoms with Crippen molar-refractivity contribution in [1.82, 2.24) is 9.47 Å². The zero-order valence-electron chi connectivity index (χ0n) is 15.1. The van der Waals surface area contributed by atoms with Gasteiger partial charge in [-0.15, -0.1) is 0 Å². The average molecular weight is 359 g/mol. The summed E-state index contributed by atoms with van der Waals surface area (Å²) in [6.07, 6.45) is 5.90. The SMILES string of the molecule is CN(C)CCCn1c2c(c3cc(Cl)ccc31)C(=N)C1CCCCC1N2. The van der Waals surface area contributed by atoms with Crippen LogP contribution in [0.25, 0.3) is 10.9 Å². The van der Waals surface area contributed by atoms with Crippen molar-refractivity contribution in [3.63, 3.8) is 0 Å². The third-order valence-corrected chi connectivity index (χ3v) is 5.98. The first-order chi connectivity index (χ1) is 12.1. The Bertz CT molecular complexity index is 808. The van der Waals surface area contributed by atoms with Gasteiger partial charge in [0.15, 0.2) is 0 Å². The van der Waals surface area contributed by atoms with Crippen LogP contribution >= 0.6 is 11.6 Å². The van der Waals surface area contributed by atoms with E-state index in [4.69, 9.17) is 17.0 Å². The Balaban J connectivity index is 1.81. The predicted molar refractivity (Wildman–Crippen MR) is 106 cm³/mol. The molecular weight excluding hydrogens is 332 g/mol. The number of anilines is 1. The van der Waals surface area contributed by atoms with Crippen LogP contribution in [0.1, 0.15) is 37.7 Å². The quantitative estimate of drug-likeness (QED) is 0.838. The number of benzene rings is 1. The number of rotatable bonds is 4. The molecule has 0 spiro atoms. The van der Waals surface area contributed by atoms with Gasteiger partial charge in [0.2, 0.25) is 0 Å². The number of hydrogen-bond donors (Lipinski definition) is 2. The Morgan fingerprint density at radius 2 is 2.08 bits per heavy atom. The molecule has 1 saturated carbocycles. The van der Waals surface area contributed by atoms with Crippen LogP contribution in [0.5, 0.6) is 0 Å². The summed E-state index contributed by atoms with van der Waals surface area (Å²) in [5.74, 6) is 1.49. The van der Waals surface area contributed by atoms with Crippen LogP contribution in [0, 0.1) is 11.3 Å². The fourth-order valence-electron chi connectivity index (χ4n) is 4.54. The maximum Gasteiger partial charge on any atom is 0.116 e. The second kappa shape index (κ2) is 6.65. The normalized spacial score (nSPS) is 22.8. The van der Waals surface area contributed by atoms with Crippen LogP contribution in [0.15, 0.2) is 18.2 Å². The minimum atomic E-state index is 0.348. The molecule has 0 saturated heterocycles. The van der Waals surface area contributed by atoms with Crippen LogP contribution < -0.4 is 5.32 Å². The monoisotopic (exact) mass is 358 g/mol. The van der Waals surface area contributed by atoms with Gasteiger partial charge < -0.3 is 20.2 Å². The number of nitrogens with zero attached hydrogens (tertiary/aromatic N) is 2. The summed E-state index contributed by atoms with van der Waals surface area (Å²) in [5, 5.41) is 14.6. The molecule has 2 heterocycles. The molecule has 134 valence electrons. The van der Waals surface area contributed by atoms with Crippen molar-refractivity contribution < 1.29 is 0 Å². The minimum absolute atomic E-state index is 0.348. The third kappa shape index (κ3) is 2.96. The highest BCUT2D eigenvalue weighted by atomic mass is 35.5. The van der Waals surface area contributed by atoms with Gasteiger partial charge >= 0.3 is 0 Å². The first-order valence-electron chi connectivity index (χ1n) is 9.38. The molecule has 0 radical (unpaired) electrons. The first kappa shape index (κ1) is 16.9. The van der Waals surface area contributed by atoms with Gasteiger partial charge in [0.1, 0.15) is 5.82 Å². The highest BCUT2D eigenvalue weighted by Gasteiger charge is 2.37. The van der Waals surface area contributed by atoms with Crippen LogP contribution in [-0.2, 0) is 6.54 Å². The molecule has 1 aliphatic heterocycles. The Morgan fingerprint density at radius 3 is 2.88 bits per heavy atom. The predicted octanol–water partition coefficient (Wildman–Crippen LogP) is 4.60. The molecule has 1 fully saturated rings. The van der Waals surface area contributed by atoms with E-state index in [0.29, 0.717) is 12.0 Å². The van der Waals surface area contributed by atoms with Gasteiger partial charge in [-0.2, -0.15) is 0 Å². The lowest BCUT2D eigenvalue weighted by Gasteiger charge is -2.38. The summed E-state index contributed by atoms with van der Waals surface area (Å²) in [6, 6.07) is 6.54. The summed E-state index contributed by atoms with van der Waals surface area (Å²) in [7, 11) is 4.23. The number of fused-ring (bicyclic) bond motifs is 4. The van der Waals surface area contributed by atoms with E-state index in [1.165, 1.54) is 24.8 Å². The van der Waals surface area contributed by atoms with Crippen molar-refractivity contribution in [2.24, 2.45) is 5.92 Å². The van der Waals surface area contributed by atoms with E-state index < -0.39 is 0 Å². The lowest BCUT2D eigenvalue weighted by Crippen LogP contribution is -2.42. The molecule has 2 N–H and O–H groups in total. The van der Waals surface area contributed by atoms with Gasteiger partial charge in [-0.05, 0) is 58.1 Å². The van der Waals surface area contributed by atoms with Gasteiger partial charge in [-0.25, -0.2) is 0 Å². The van der Waals surface area contributed by atoms with Gasteiger partial charge in [0, 0.05) is 40.2 Å². The molecule has 4 rings (SSSR count). The van der Waals surface area contributed by atoms with Crippen molar-refractivity contribution in [2.75, 3.05) is 26.0 Å². The molecule has 2 aromatic rings. The van der Waals surface area contributed by atoms with Gasteiger partial charge in [-0.3, -0.25) is 0 Å². The number of halogens is 1. The molecule has 1 aliphatic carbocycles. The van der Waals surface area contributed by atoms with Crippen LogP contribution in [0.4, 0.5) is 5.82 Å². The number of aromatic nitrogens is 1. The number of hydrogen-bond acceptors (Lipinski definition) is 3. The molecule has 1 aromatic carbocycles. The molecule has 4 nitrogen and oxygen atoms in total. The molecule has 2 unspecified atom stereocenters. The van der Waals surface area contributed by atoms with Gasteiger partial charge in [-0.1, -0.05) is 24.4 Å². The van der Waals surface area contributed by atoms with E-state index in [-0.39, 0.29) is 0 Å². The molecule has 0 amide bonds. The Hall–Kier alpha value is -1.52. The fraction of sp³-hybridized carbons (Fsp3) is 0.550. The summed E-state index contributed by atoms with van der Waals surface area (Å²) >= 11 is 6.29. The Morgan fingerprint density at radius 1 is 1.28 bits per heavy atom. The van der Waals surface area contributed by atoms with Crippen molar-refractivity contribution in [2.45, 2.75) is 44.7 Å². The molecule has 0 bridgehead atoms. The summed E-state index contributed by atoms with van der Waals surface area (Å²) in [6.45, 7) is 2.02. The zero-order chi connectivity index (χ0) is 17.6. The highest BCUT2D eigenvalue weighted by molar-refractivity contribution is 6.32. The van der Waals surface area contributed by atoms with E-state index in [2.05, 4.69) is 34.9 Å². The molecular formula is C20H27ClN4. The van der Waals surface area contributed by atoms with Crippen molar-refractivity contribution in [1.29, 1.82) is 5.41 Å². The van der Waals surface area contributed by atoms with Crippen LogP contribution in [0.3, 0.4) is 0 Å². The average Bonchev–Trinajstić information content (AvgIpc) is 2.88. The maximum absolute atomic E-state index is 8.90. The molecule has 5 heteroatoms. The van der Waals surface area contributed by atoms with Crippen molar-refractivity contribution in [3.8, 4) is 0 Å². The van der Waals surface area contributed by atoms with E-state index >= 15 is 0 Å². The fourth-order valence-corrected chi connectivity index (χ4v) is 4.71. The van der Waals surface area contributed by atoms with Gasteiger partial charge in [0.25, 0.3) is 0 Å². The first-order valence-corrected chi connectivity index (χ1v) is 9.76. The molecule has 2 atom stereocenters. The second-order valence-corrected chi connectivity index (χ2v) is 8.19. The van der Waals surface area contributed by atoms with Crippen LogP contribution in [-0.4, -0.2) is 41.9 Å². The van der Waals surface area contributed by atoms with Gasteiger partial charge in [0.05, 0.1) is 5.52 Å². The van der Waals surface area contributed by atoms with E-state index in [0.717, 1.165) is 53.4 Å². The lowest BCUT2D eigenvalue weighted by atomic mass is 9.77. The molecule has 2 aliphatic rings. The summed E-state index contributed by atoms with van der Waals surface area (Å²) in [4.78, 5) is 2.22. The van der Waals surface area contributed by atoms with E-state index in [9.17, 15) is 0 Å². The largest absolute Gasteiger partial charge is 0.367 e. The minimum Gasteiger partial charge on any atom is -0.367 e.